The summed E-state index contributed by atoms with van der Waals surface area (Å²) in [5, 5.41) is 19.5. The second-order valence-corrected chi connectivity index (χ2v) is 5.32. The second kappa shape index (κ2) is 4.61. The lowest BCUT2D eigenvalue weighted by atomic mass is 9.82. The van der Waals surface area contributed by atoms with E-state index in [1.807, 2.05) is 27.7 Å². The number of aliphatic hydroxyl groups excluding tert-OH is 1. The van der Waals surface area contributed by atoms with Gasteiger partial charge in [-0.1, -0.05) is 13.8 Å². The van der Waals surface area contributed by atoms with Crippen LogP contribution < -0.4 is 0 Å². The zero-order chi connectivity index (χ0) is 12.6. The minimum absolute atomic E-state index is 0.0851. The molecular weight excluding hydrogens is 208 g/mol. The molecule has 4 heteroatoms. The van der Waals surface area contributed by atoms with E-state index in [0.717, 1.165) is 0 Å². The standard InChI is InChI=1S/C12H24O4/c1-6-12(5,14)8(2)10-9(7-13)15-11(3,4)16-10/h8-10,13-14H,6-7H2,1-5H3/t8-,9+,10-,12+/m1/s1. The summed E-state index contributed by atoms with van der Waals surface area (Å²) < 4.78 is 11.3. The van der Waals surface area contributed by atoms with Gasteiger partial charge >= 0.3 is 0 Å². The van der Waals surface area contributed by atoms with Crippen molar-refractivity contribution < 1.29 is 19.7 Å². The van der Waals surface area contributed by atoms with Gasteiger partial charge in [0.05, 0.1) is 18.3 Å². The van der Waals surface area contributed by atoms with Crippen molar-refractivity contribution in [1.29, 1.82) is 0 Å². The Balaban J connectivity index is 2.79. The third-order valence-electron chi connectivity index (χ3n) is 3.59. The molecule has 1 heterocycles. The number of rotatable bonds is 4. The number of ether oxygens (including phenoxy) is 2. The van der Waals surface area contributed by atoms with E-state index in [9.17, 15) is 10.2 Å². The lowest BCUT2D eigenvalue weighted by Gasteiger charge is -2.34. The second-order valence-electron chi connectivity index (χ2n) is 5.32. The molecule has 2 N–H and O–H groups in total. The highest BCUT2D eigenvalue weighted by Gasteiger charge is 2.47. The van der Waals surface area contributed by atoms with Gasteiger partial charge in [-0.15, -0.1) is 0 Å². The van der Waals surface area contributed by atoms with Crippen LogP contribution in [0.5, 0.6) is 0 Å². The molecule has 0 aliphatic carbocycles. The molecule has 0 unspecified atom stereocenters. The fourth-order valence-corrected chi connectivity index (χ4v) is 2.10. The van der Waals surface area contributed by atoms with Crippen LogP contribution in [0.3, 0.4) is 0 Å². The van der Waals surface area contributed by atoms with Crippen molar-refractivity contribution in [3.05, 3.63) is 0 Å². The summed E-state index contributed by atoms with van der Waals surface area (Å²) >= 11 is 0. The maximum Gasteiger partial charge on any atom is 0.163 e. The fourth-order valence-electron chi connectivity index (χ4n) is 2.10. The van der Waals surface area contributed by atoms with Gasteiger partial charge in [-0.25, -0.2) is 0 Å². The van der Waals surface area contributed by atoms with Crippen LogP contribution in [0, 0.1) is 5.92 Å². The van der Waals surface area contributed by atoms with E-state index in [1.54, 1.807) is 6.92 Å². The topological polar surface area (TPSA) is 58.9 Å². The molecule has 0 amide bonds. The number of aliphatic hydroxyl groups is 2. The highest BCUT2D eigenvalue weighted by Crippen LogP contribution is 2.36. The molecule has 0 bridgehead atoms. The summed E-state index contributed by atoms with van der Waals surface area (Å²) in [6.45, 7) is 9.22. The first kappa shape index (κ1) is 13.9. The van der Waals surface area contributed by atoms with Gasteiger partial charge < -0.3 is 19.7 Å². The molecule has 0 aromatic carbocycles. The van der Waals surface area contributed by atoms with Crippen molar-refractivity contribution >= 4 is 0 Å². The van der Waals surface area contributed by atoms with E-state index in [4.69, 9.17) is 9.47 Å². The predicted octanol–water partition coefficient (Wildman–Crippen LogP) is 1.30. The molecular formula is C12H24O4. The summed E-state index contributed by atoms with van der Waals surface area (Å²) in [5.41, 5.74) is -0.804. The summed E-state index contributed by atoms with van der Waals surface area (Å²) in [6.07, 6.45) is 0.0186. The molecule has 1 saturated heterocycles. The minimum atomic E-state index is -0.804. The Bertz CT molecular complexity index is 237. The first-order valence-corrected chi connectivity index (χ1v) is 5.92. The van der Waals surface area contributed by atoms with Gasteiger partial charge in [-0.05, 0) is 27.2 Å². The Morgan fingerprint density at radius 2 is 1.94 bits per heavy atom. The summed E-state index contributed by atoms with van der Waals surface area (Å²) in [7, 11) is 0. The third kappa shape index (κ3) is 2.74. The Labute approximate surface area is 97.6 Å². The van der Waals surface area contributed by atoms with Crippen molar-refractivity contribution in [1.82, 2.24) is 0 Å². The number of hydrogen-bond donors (Lipinski definition) is 2. The number of hydrogen-bond acceptors (Lipinski definition) is 4. The van der Waals surface area contributed by atoms with Crippen LogP contribution in [-0.4, -0.2) is 40.4 Å². The Hall–Kier alpha value is -0.160. The smallest absolute Gasteiger partial charge is 0.163 e. The monoisotopic (exact) mass is 232 g/mol. The Morgan fingerprint density at radius 3 is 2.38 bits per heavy atom. The van der Waals surface area contributed by atoms with Crippen LogP contribution in [0.2, 0.25) is 0 Å². The van der Waals surface area contributed by atoms with E-state index in [-0.39, 0.29) is 24.7 Å². The van der Waals surface area contributed by atoms with Crippen LogP contribution in [-0.2, 0) is 9.47 Å². The van der Waals surface area contributed by atoms with Crippen LogP contribution in [0.1, 0.15) is 41.0 Å². The summed E-state index contributed by atoms with van der Waals surface area (Å²) in [4.78, 5) is 0. The predicted molar refractivity (Wildman–Crippen MR) is 61.0 cm³/mol. The molecule has 1 aliphatic heterocycles. The van der Waals surface area contributed by atoms with Crippen LogP contribution >= 0.6 is 0 Å². The van der Waals surface area contributed by atoms with Gasteiger partial charge in [0, 0.05) is 5.92 Å². The van der Waals surface area contributed by atoms with Crippen LogP contribution in [0.4, 0.5) is 0 Å². The van der Waals surface area contributed by atoms with Crippen molar-refractivity contribution in [2.45, 2.75) is 64.6 Å². The first-order valence-electron chi connectivity index (χ1n) is 5.92. The molecule has 1 fully saturated rings. The molecule has 1 aliphatic rings. The largest absolute Gasteiger partial charge is 0.394 e. The zero-order valence-corrected chi connectivity index (χ0v) is 10.9. The van der Waals surface area contributed by atoms with Crippen molar-refractivity contribution in [3.8, 4) is 0 Å². The average molecular weight is 232 g/mol. The van der Waals surface area contributed by atoms with Crippen LogP contribution in [0.25, 0.3) is 0 Å². The molecule has 96 valence electrons. The highest BCUT2D eigenvalue weighted by molar-refractivity contribution is 4.92. The van der Waals surface area contributed by atoms with Gasteiger partial charge in [0.1, 0.15) is 6.10 Å². The maximum absolute atomic E-state index is 10.2. The van der Waals surface area contributed by atoms with Crippen molar-refractivity contribution in [3.63, 3.8) is 0 Å². The zero-order valence-electron chi connectivity index (χ0n) is 10.9. The average Bonchev–Trinajstić information content (AvgIpc) is 2.52. The molecule has 16 heavy (non-hydrogen) atoms. The van der Waals surface area contributed by atoms with Crippen LogP contribution in [0.15, 0.2) is 0 Å². The van der Waals surface area contributed by atoms with E-state index >= 15 is 0 Å². The molecule has 0 spiro atoms. The summed E-state index contributed by atoms with van der Waals surface area (Å²) in [6, 6.07) is 0. The molecule has 0 aromatic rings. The van der Waals surface area contributed by atoms with Crippen molar-refractivity contribution in [2.75, 3.05) is 6.61 Å². The lowest BCUT2D eigenvalue weighted by Crippen LogP contribution is -2.44. The van der Waals surface area contributed by atoms with E-state index in [1.165, 1.54) is 0 Å². The highest BCUT2D eigenvalue weighted by atomic mass is 16.8. The fraction of sp³-hybridized carbons (Fsp3) is 1.00. The van der Waals surface area contributed by atoms with Gasteiger partial charge in [0.15, 0.2) is 5.79 Å². The lowest BCUT2D eigenvalue weighted by molar-refractivity contribution is -0.160. The van der Waals surface area contributed by atoms with Gasteiger partial charge in [-0.2, -0.15) is 0 Å². The van der Waals surface area contributed by atoms with E-state index < -0.39 is 11.4 Å². The molecule has 0 radical (unpaired) electrons. The Kier molecular flexibility index (Phi) is 4.00. The van der Waals surface area contributed by atoms with Crippen molar-refractivity contribution in [2.24, 2.45) is 5.92 Å². The SMILES string of the molecule is CC[C@](C)(O)[C@H](C)[C@H]1OC(C)(C)O[C@H]1CO. The van der Waals surface area contributed by atoms with Gasteiger partial charge in [0.2, 0.25) is 0 Å². The maximum atomic E-state index is 10.2. The minimum Gasteiger partial charge on any atom is -0.394 e. The first-order chi connectivity index (χ1) is 7.23. The summed E-state index contributed by atoms with van der Waals surface area (Å²) in [5.74, 6) is -0.771. The van der Waals surface area contributed by atoms with Gasteiger partial charge in [0.25, 0.3) is 0 Å². The molecule has 1 rings (SSSR count). The van der Waals surface area contributed by atoms with E-state index in [0.29, 0.717) is 6.42 Å². The molecule has 4 atom stereocenters. The van der Waals surface area contributed by atoms with Gasteiger partial charge in [-0.3, -0.25) is 0 Å². The molecule has 0 saturated carbocycles. The molecule has 0 aromatic heterocycles. The molecule has 4 nitrogen and oxygen atoms in total. The van der Waals surface area contributed by atoms with E-state index in [2.05, 4.69) is 0 Å². The normalized spacial score (nSPS) is 34.7. The Morgan fingerprint density at radius 1 is 1.38 bits per heavy atom. The quantitative estimate of drug-likeness (QED) is 0.767. The third-order valence-corrected chi connectivity index (χ3v) is 3.59.